The Balaban J connectivity index is 1.87. The smallest absolute Gasteiger partial charge is 0.336 e. The number of benzene rings is 2. The summed E-state index contributed by atoms with van der Waals surface area (Å²) in [7, 11) is 1.61. The van der Waals surface area contributed by atoms with E-state index in [4.69, 9.17) is 14.5 Å². The van der Waals surface area contributed by atoms with E-state index in [-0.39, 0.29) is 0 Å². The van der Waals surface area contributed by atoms with Crippen molar-refractivity contribution < 1.29 is 19.4 Å². The first-order valence-corrected chi connectivity index (χ1v) is 10.6. The zero-order chi connectivity index (χ0) is 22.7. The number of carboxylic acid groups (broad SMARTS) is 1. The first-order valence-electron chi connectivity index (χ1n) is 10.6. The van der Waals surface area contributed by atoms with E-state index in [0.717, 1.165) is 28.9 Å². The third kappa shape index (κ3) is 4.09. The fourth-order valence-electron chi connectivity index (χ4n) is 4.09. The lowest BCUT2D eigenvalue weighted by Crippen LogP contribution is -2.31. The number of aromatic nitrogens is 1. The standard InChI is InChI=1S/C26H26N2O4/c1-4-12-32-22-11-10-17(14-23(22)31-3)13-18-15-28(5-2)16-20-24(26(29)30)19-8-6-7-9-21(19)27-25(18)20/h4,6-11,13-14H,1,5,12,15-16H2,2-3H3,(H,29,30)/b18-13+. The summed E-state index contributed by atoms with van der Waals surface area (Å²) in [6.07, 6.45) is 3.73. The molecule has 6 nitrogen and oxygen atoms in total. The van der Waals surface area contributed by atoms with Crippen LogP contribution in [-0.4, -0.2) is 47.8 Å². The van der Waals surface area contributed by atoms with Crippen LogP contribution < -0.4 is 9.47 Å². The van der Waals surface area contributed by atoms with Crippen LogP contribution in [-0.2, 0) is 6.54 Å². The van der Waals surface area contributed by atoms with Crippen molar-refractivity contribution in [1.82, 2.24) is 9.88 Å². The molecule has 4 rings (SSSR count). The van der Waals surface area contributed by atoms with E-state index >= 15 is 0 Å². The van der Waals surface area contributed by atoms with Crippen molar-refractivity contribution in [3.05, 3.63) is 77.5 Å². The van der Waals surface area contributed by atoms with Gasteiger partial charge in [0.15, 0.2) is 11.5 Å². The topological polar surface area (TPSA) is 71.9 Å². The minimum absolute atomic E-state index is 0.334. The highest BCUT2D eigenvalue weighted by molar-refractivity contribution is 6.06. The van der Waals surface area contributed by atoms with Crippen LogP contribution in [0.25, 0.3) is 22.6 Å². The number of fused-ring (bicyclic) bond motifs is 2. The van der Waals surface area contributed by atoms with Crippen LogP contribution >= 0.6 is 0 Å². The number of ether oxygens (including phenoxy) is 2. The number of pyridine rings is 1. The molecule has 0 saturated heterocycles. The van der Waals surface area contributed by atoms with Crippen LogP contribution in [0.2, 0.25) is 0 Å². The van der Waals surface area contributed by atoms with E-state index < -0.39 is 5.97 Å². The van der Waals surface area contributed by atoms with Crippen LogP contribution in [0.15, 0.2) is 55.1 Å². The summed E-state index contributed by atoms with van der Waals surface area (Å²) >= 11 is 0. The molecule has 1 N–H and O–H groups in total. The maximum absolute atomic E-state index is 12.3. The van der Waals surface area contributed by atoms with Crippen molar-refractivity contribution in [3.8, 4) is 11.5 Å². The first kappa shape index (κ1) is 21.6. The van der Waals surface area contributed by atoms with E-state index in [9.17, 15) is 9.90 Å². The Hall–Kier alpha value is -3.64. The molecule has 0 atom stereocenters. The van der Waals surface area contributed by atoms with Gasteiger partial charge in [-0.25, -0.2) is 9.78 Å². The molecule has 32 heavy (non-hydrogen) atoms. The molecule has 0 radical (unpaired) electrons. The molecule has 0 spiro atoms. The Morgan fingerprint density at radius 2 is 2.03 bits per heavy atom. The second-order valence-electron chi connectivity index (χ2n) is 7.62. The molecule has 164 valence electrons. The van der Waals surface area contributed by atoms with Crippen molar-refractivity contribution in [2.45, 2.75) is 13.5 Å². The highest BCUT2D eigenvalue weighted by Crippen LogP contribution is 2.35. The summed E-state index contributed by atoms with van der Waals surface area (Å²) in [5, 5.41) is 10.7. The van der Waals surface area contributed by atoms with Crippen molar-refractivity contribution >= 4 is 28.5 Å². The lowest BCUT2D eigenvalue weighted by Gasteiger charge is -2.30. The van der Waals surface area contributed by atoms with E-state index in [1.807, 2.05) is 48.5 Å². The maximum atomic E-state index is 12.3. The minimum Gasteiger partial charge on any atom is -0.493 e. The van der Waals surface area contributed by atoms with Crippen molar-refractivity contribution in [2.24, 2.45) is 0 Å². The minimum atomic E-state index is -0.928. The molecular formula is C26H26N2O4. The van der Waals surface area contributed by atoms with Crippen LogP contribution in [0, 0.1) is 0 Å². The molecule has 1 aliphatic heterocycles. The van der Waals surface area contributed by atoms with Crippen molar-refractivity contribution in [3.63, 3.8) is 0 Å². The number of rotatable bonds is 7. The summed E-state index contributed by atoms with van der Waals surface area (Å²) < 4.78 is 11.2. The molecule has 0 unspecified atom stereocenters. The third-order valence-corrected chi connectivity index (χ3v) is 5.62. The monoisotopic (exact) mass is 430 g/mol. The fraction of sp³-hybridized carbons (Fsp3) is 0.231. The zero-order valence-corrected chi connectivity index (χ0v) is 18.3. The van der Waals surface area contributed by atoms with E-state index in [2.05, 4.69) is 18.4 Å². The van der Waals surface area contributed by atoms with Gasteiger partial charge in [0.05, 0.1) is 23.9 Å². The number of methoxy groups -OCH3 is 1. The molecule has 6 heteroatoms. The van der Waals surface area contributed by atoms with Crippen LogP contribution in [0.5, 0.6) is 11.5 Å². The molecule has 0 bridgehead atoms. The van der Waals surface area contributed by atoms with Gasteiger partial charge in [-0.15, -0.1) is 0 Å². The largest absolute Gasteiger partial charge is 0.493 e. The molecule has 1 aliphatic rings. The Labute approximate surface area is 187 Å². The number of aromatic carboxylic acids is 1. The summed E-state index contributed by atoms with van der Waals surface area (Å²) in [6, 6.07) is 13.2. The van der Waals surface area contributed by atoms with Gasteiger partial charge < -0.3 is 14.6 Å². The quantitative estimate of drug-likeness (QED) is 0.539. The number of carbonyl (C=O) groups is 1. The number of para-hydroxylation sites is 1. The van der Waals surface area contributed by atoms with Gasteiger partial charge in [0.2, 0.25) is 0 Å². The predicted molar refractivity (Wildman–Crippen MR) is 126 cm³/mol. The average Bonchev–Trinajstić information content (AvgIpc) is 2.81. The van der Waals surface area contributed by atoms with Gasteiger partial charge in [-0.1, -0.05) is 43.8 Å². The molecule has 1 aromatic heterocycles. The Bertz CT molecular complexity index is 1220. The average molecular weight is 431 g/mol. The maximum Gasteiger partial charge on any atom is 0.336 e. The van der Waals surface area contributed by atoms with Gasteiger partial charge in [0.25, 0.3) is 0 Å². The van der Waals surface area contributed by atoms with Crippen LogP contribution in [0.3, 0.4) is 0 Å². The SMILES string of the molecule is C=CCOc1ccc(/C=C2\CN(CC)Cc3c2nc2ccccc2c3C(=O)O)cc1OC. The summed E-state index contributed by atoms with van der Waals surface area (Å²) in [6.45, 7) is 8.19. The highest BCUT2D eigenvalue weighted by atomic mass is 16.5. The second kappa shape index (κ2) is 9.24. The van der Waals surface area contributed by atoms with Gasteiger partial charge in [0.1, 0.15) is 6.61 Å². The molecule has 0 amide bonds. The van der Waals surface area contributed by atoms with E-state index in [1.54, 1.807) is 13.2 Å². The summed E-state index contributed by atoms with van der Waals surface area (Å²) in [5.74, 6) is 0.343. The summed E-state index contributed by atoms with van der Waals surface area (Å²) in [5.41, 5.74) is 4.43. The van der Waals surface area contributed by atoms with Gasteiger partial charge in [-0.3, -0.25) is 4.90 Å². The fourth-order valence-corrected chi connectivity index (χ4v) is 4.09. The van der Waals surface area contributed by atoms with Gasteiger partial charge >= 0.3 is 5.97 Å². The van der Waals surface area contributed by atoms with E-state index in [1.165, 1.54) is 0 Å². The van der Waals surface area contributed by atoms with Gasteiger partial charge in [0, 0.05) is 24.0 Å². The van der Waals surface area contributed by atoms with Gasteiger partial charge in [-0.2, -0.15) is 0 Å². The zero-order valence-electron chi connectivity index (χ0n) is 18.3. The lowest BCUT2D eigenvalue weighted by molar-refractivity contribution is 0.0696. The van der Waals surface area contributed by atoms with Gasteiger partial charge in [-0.05, 0) is 42.0 Å². The molecule has 0 saturated carbocycles. The summed E-state index contributed by atoms with van der Waals surface area (Å²) in [4.78, 5) is 19.3. The van der Waals surface area contributed by atoms with Crippen molar-refractivity contribution in [1.29, 1.82) is 0 Å². The Morgan fingerprint density at radius 1 is 1.22 bits per heavy atom. The third-order valence-electron chi connectivity index (χ3n) is 5.62. The Morgan fingerprint density at radius 3 is 2.75 bits per heavy atom. The molecule has 0 aliphatic carbocycles. The highest BCUT2D eigenvalue weighted by Gasteiger charge is 2.28. The normalized spacial score (nSPS) is 14.9. The Kier molecular flexibility index (Phi) is 6.23. The van der Waals surface area contributed by atoms with Crippen molar-refractivity contribution in [2.75, 3.05) is 26.8 Å². The number of carboxylic acids is 1. The number of hydrogen-bond donors (Lipinski definition) is 1. The molecule has 3 aromatic rings. The first-order chi connectivity index (χ1) is 15.5. The molecule has 2 heterocycles. The van der Waals surface area contributed by atoms with E-state index in [0.29, 0.717) is 47.7 Å². The van der Waals surface area contributed by atoms with Crippen LogP contribution in [0.4, 0.5) is 0 Å². The predicted octanol–water partition coefficient (Wildman–Crippen LogP) is 4.88. The molecular weight excluding hydrogens is 404 g/mol. The number of nitrogens with zero attached hydrogens (tertiary/aromatic N) is 2. The lowest BCUT2D eigenvalue weighted by atomic mass is 9.92. The number of likely N-dealkylation sites (N-methyl/N-ethyl adjacent to an activating group) is 1. The molecule has 2 aromatic carbocycles. The molecule has 0 fully saturated rings. The second-order valence-corrected chi connectivity index (χ2v) is 7.62. The van der Waals surface area contributed by atoms with Crippen LogP contribution in [0.1, 0.15) is 34.1 Å². The number of hydrogen-bond acceptors (Lipinski definition) is 5.